The Morgan fingerprint density at radius 2 is 1.81 bits per heavy atom. The maximum atomic E-state index is 12.5. The maximum absolute atomic E-state index is 12.5. The summed E-state index contributed by atoms with van der Waals surface area (Å²) >= 11 is 1.32. The highest BCUT2D eigenvalue weighted by Gasteiger charge is 2.22. The number of benzene rings is 1. The third kappa shape index (κ3) is 6.68. The van der Waals surface area contributed by atoms with Crippen LogP contribution in [0.1, 0.15) is 34.5 Å². The van der Waals surface area contributed by atoms with Gasteiger partial charge in [0.1, 0.15) is 6.04 Å². The van der Waals surface area contributed by atoms with Crippen molar-refractivity contribution in [2.75, 3.05) is 6.54 Å². The van der Waals surface area contributed by atoms with Crippen molar-refractivity contribution < 1.29 is 19.5 Å². The first-order chi connectivity index (χ1) is 12.6. The van der Waals surface area contributed by atoms with Gasteiger partial charge in [-0.1, -0.05) is 36.4 Å². The number of aliphatic carboxylic acids is 1. The van der Waals surface area contributed by atoms with Crippen LogP contribution in [0.25, 0.3) is 0 Å². The zero-order chi connectivity index (χ0) is 18.8. The van der Waals surface area contributed by atoms with Crippen LogP contribution in [0.3, 0.4) is 0 Å². The summed E-state index contributed by atoms with van der Waals surface area (Å²) < 4.78 is 0. The molecule has 138 valence electrons. The van der Waals surface area contributed by atoms with Gasteiger partial charge >= 0.3 is 5.97 Å². The van der Waals surface area contributed by atoms with E-state index in [0.717, 1.165) is 5.56 Å². The van der Waals surface area contributed by atoms with Gasteiger partial charge in [0.15, 0.2) is 0 Å². The normalized spacial score (nSPS) is 11.5. The Balaban J connectivity index is 1.94. The maximum Gasteiger partial charge on any atom is 0.303 e. The first kappa shape index (κ1) is 19.7. The smallest absolute Gasteiger partial charge is 0.303 e. The van der Waals surface area contributed by atoms with E-state index in [1.807, 2.05) is 35.7 Å². The number of thiophene rings is 1. The quantitative estimate of drug-likeness (QED) is 0.557. The number of carbonyl (C=O) groups excluding carboxylic acids is 2. The molecule has 7 heteroatoms. The predicted octanol–water partition coefficient (Wildman–Crippen LogP) is 2.46. The fraction of sp³-hybridized carbons (Fsp3) is 0.316. The van der Waals surface area contributed by atoms with Crippen molar-refractivity contribution in [1.29, 1.82) is 0 Å². The minimum absolute atomic E-state index is 0.0818. The number of carboxylic acids is 1. The lowest BCUT2D eigenvalue weighted by Gasteiger charge is -2.18. The molecule has 0 aliphatic rings. The molecule has 0 radical (unpaired) electrons. The molecule has 2 rings (SSSR count). The second-order valence-electron chi connectivity index (χ2n) is 5.83. The molecule has 0 fully saturated rings. The number of carboxylic acid groups (broad SMARTS) is 1. The second-order valence-corrected chi connectivity index (χ2v) is 6.78. The molecule has 1 unspecified atom stereocenters. The topological polar surface area (TPSA) is 95.5 Å². The van der Waals surface area contributed by atoms with Crippen molar-refractivity contribution in [2.24, 2.45) is 0 Å². The van der Waals surface area contributed by atoms with Crippen molar-refractivity contribution in [1.82, 2.24) is 10.6 Å². The highest BCUT2D eigenvalue weighted by atomic mass is 32.1. The number of rotatable bonds is 10. The number of hydrogen-bond acceptors (Lipinski definition) is 4. The van der Waals surface area contributed by atoms with Crippen molar-refractivity contribution in [3.63, 3.8) is 0 Å². The minimum atomic E-state index is -0.846. The molecule has 26 heavy (non-hydrogen) atoms. The molecule has 6 nitrogen and oxygen atoms in total. The lowest BCUT2D eigenvalue weighted by Crippen LogP contribution is -2.48. The van der Waals surface area contributed by atoms with Gasteiger partial charge in [-0.25, -0.2) is 0 Å². The Hall–Kier alpha value is -2.67. The summed E-state index contributed by atoms with van der Waals surface area (Å²) in [5.74, 6) is -1.39. The van der Waals surface area contributed by atoms with Gasteiger partial charge < -0.3 is 15.7 Å². The van der Waals surface area contributed by atoms with Crippen molar-refractivity contribution in [2.45, 2.75) is 31.7 Å². The standard InChI is InChI=1S/C19H22N2O4S/c22-17(23)10-4-5-11-20-18(24)15(13-14-7-2-1-3-8-14)21-19(25)16-9-6-12-26-16/h1-3,6-9,12,15H,4-5,10-11,13H2,(H,20,24)(H,21,25)(H,22,23). The molecule has 0 aliphatic carbocycles. The molecular formula is C19H22N2O4S. The first-order valence-corrected chi connectivity index (χ1v) is 9.32. The predicted molar refractivity (Wildman–Crippen MR) is 100 cm³/mol. The largest absolute Gasteiger partial charge is 0.481 e. The van der Waals surface area contributed by atoms with E-state index in [-0.39, 0.29) is 18.2 Å². The summed E-state index contributed by atoms with van der Waals surface area (Å²) in [5, 5.41) is 16.0. The van der Waals surface area contributed by atoms with E-state index >= 15 is 0 Å². The molecule has 1 aromatic heterocycles. The Labute approximate surface area is 156 Å². The van der Waals surface area contributed by atoms with Crippen molar-refractivity contribution in [3.8, 4) is 0 Å². The lowest BCUT2D eigenvalue weighted by molar-refractivity contribution is -0.137. The number of hydrogen-bond donors (Lipinski definition) is 3. The third-order valence-electron chi connectivity index (χ3n) is 3.77. The molecule has 1 aromatic carbocycles. The van der Waals surface area contributed by atoms with Crippen molar-refractivity contribution >= 4 is 29.1 Å². The monoisotopic (exact) mass is 374 g/mol. The minimum Gasteiger partial charge on any atom is -0.481 e. The van der Waals surface area contributed by atoms with Gasteiger partial charge in [0, 0.05) is 19.4 Å². The summed E-state index contributed by atoms with van der Waals surface area (Å²) in [6, 6.07) is 12.3. The van der Waals surface area contributed by atoms with E-state index in [4.69, 9.17) is 5.11 Å². The Bertz CT molecular complexity index is 716. The highest BCUT2D eigenvalue weighted by Crippen LogP contribution is 2.10. The van der Waals surface area contributed by atoms with Gasteiger partial charge in [-0.15, -0.1) is 11.3 Å². The summed E-state index contributed by atoms with van der Waals surface area (Å²) in [7, 11) is 0. The number of carbonyl (C=O) groups is 3. The Kier molecular flexibility index (Phi) is 7.82. The zero-order valence-corrected chi connectivity index (χ0v) is 15.1. The molecule has 0 saturated heterocycles. The van der Waals surface area contributed by atoms with E-state index < -0.39 is 12.0 Å². The number of amides is 2. The average molecular weight is 374 g/mol. The summed E-state index contributed by atoms with van der Waals surface area (Å²) in [6.45, 7) is 0.381. The molecule has 3 N–H and O–H groups in total. The third-order valence-corrected chi connectivity index (χ3v) is 4.63. The van der Waals surface area contributed by atoms with Crippen molar-refractivity contribution in [3.05, 3.63) is 58.3 Å². The average Bonchev–Trinajstić information content (AvgIpc) is 3.16. The SMILES string of the molecule is O=C(O)CCCCNC(=O)C(Cc1ccccc1)NC(=O)c1cccs1. The Morgan fingerprint density at radius 1 is 1.04 bits per heavy atom. The van der Waals surface area contributed by atoms with Crippen LogP contribution in [-0.4, -0.2) is 35.5 Å². The lowest BCUT2D eigenvalue weighted by atomic mass is 10.0. The van der Waals surface area contributed by atoms with Gasteiger partial charge in [-0.3, -0.25) is 14.4 Å². The summed E-state index contributed by atoms with van der Waals surface area (Å²) in [5.41, 5.74) is 0.949. The summed E-state index contributed by atoms with van der Waals surface area (Å²) in [6.07, 6.45) is 1.55. The molecule has 2 amide bonds. The van der Waals surface area contributed by atoms with Gasteiger partial charge in [0.05, 0.1) is 4.88 Å². The molecule has 0 aliphatic heterocycles. The molecule has 1 atom stereocenters. The molecular weight excluding hydrogens is 352 g/mol. The Morgan fingerprint density at radius 3 is 2.46 bits per heavy atom. The van der Waals surface area contributed by atoms with Crippen LogP contribution < -0.4 is 10.6 Å². The molecule has 0 saturated carbocycles. The van der Waals surface area contributed by atoms with Gasteiger partial charge in [0.2, 0.25) is 5.91 Å². The van der Waals surface area contributed by atoms with Gasteiger partial charge in [-0.2, -0.15) is 0 Å². The van der Waals surface area contributed by atoms with E-state index in [0.29, 0.717) is 30.7 Å². The van der Waals surface area contributed by atoms with Crippen LogP contribution in [0.2, 0.25) is 0 Å². The van der Waals surface area contributed by atoms with E-state index in [1.165, 1.54) is 11.3 Å². The van der Waals surface area contributed by atoms with Crippen LogP contribution in [0, 0.1) is 0 Å². The molecule has 0 bridgehead atoms. The number of unbranched alkanes of at least 4 members (excludes halogenated alkanes) is 1. The second kappa shape index (κ2) is 10.4. The van der Waals surface area contributed by atoms with Crippen LogP contribution in [0.15, 0.2) is 47.8 Å². The number of nitrogens with one attached hydrogen (secondary N) is 2. The van der Waals surface area contributed by atoms with Crippen LogP contribution in [0.4, 0.5) is 0 Å². The first-order valence-electron chi connectivity index (χ1n) is 8.44. The van der Waals surface area contributed by atoms with E-state index in [9.17, 15) is 14.4 Å². The zero-order valence-electron chi connectivity index (χ0n) is 14.3. The van der Waals surface area contributed by atoms with Gasteiger partial charge in [0.25, 0.3) is 5.91 Å². The molecule has 2 aromatic rings. The van der Waals surface area contributed by atoms with E-state index in [2.05, 4.69) is 10.6 Å². The molecule has 1 heterocycles. The fourth-order valence-electron chi connectivity index (χ4n) is 2.43. The van der Waals surface area contributed by atoms with Crippen LogP contribution >= 0.6 is 11.3 Å². The summed E-state index contributed by atoms with van der Waals surface area (Å²) in [4.78, 5) is 35.9. The fourth-order valence-corrected chi connectivity index (χ4v) is 3.06. The molecule has 0 spiro atoms. The van der Waals surface area contributed by atoms with Crippen LogP contribution in [-0.2, 0) is 16.0 Å². The van der Waals surface area contributed by atoms with Crippen LogP contribution in [0.5, 0.6) is 0 Å². The highest BCUT2D eigenvalue weighted by molar-refractivity contribution is 7.12. The van der Waals surface area contributed by atoms with Gasteiger partial charge in [-0.05, 0) is 29.9 Å². The van der Waals surface area contributed by atoms with E-state index in [1.54, 1.807) is 12.1 Å².